The van der Waals surface area contributed by atoms with Gasteiger partial charge in [-0.25, -0.2) is 0 Å². The first-order valence-corrected chi connectivity index (χ1v) is 5.96. The number of aliphatic carboxylic acids is 1. The maximum Gasteiger partial charge on any atom is 0.303 e. The van der Waals surface area contributed by atoms with E-state index in [4.69, 9.17) is 5.11 Å². The van der Waals surface area contributed by atoms with Crippen LogP contribution >= 0.6 is 0 Å². The molecule has 1 unspecified atom stereocenters. The topological polar surface area (TPSA) is 37.3 Å². The molecule has 0 aliphatic heterocycles. The molecule has 2 heteroatoms. The number of carbonyl (C=O) groups is 1. The van der Waals surface area contributed by atoms with Crippen molar-refractivity contribution in [1.82, 2.24) is 0 Å². The molecule has 0 aromatic heterocycles. The van der Waals surface area contributed by atoms with Gasteiger partial charge in [0.1, 0.15) is 0 Å². The molecule has 0 saturated carbocycles. The number of carboxylic acid groups (broad SMARTS) is 1. The van der Waals surface area contributed by atoms with Crippen LogP contribution in [0.3, 0.4) is 0 Å². The fourth-order valence-corrected chi connectivity index (χ4v) is 2.62. The Morgan fingerprint density at radius 3 is 2.07 bits per heavy atom. The van der Waals surface area contributed by atoms with Gasteiger partial charge in [0.05, 0.1) is 6.42 Å². The van der Waals surface area contributed by atoms with Crippen molar-refractivity contribution in [2.75, 3.05) is 0 Å². The van der Waals surface area contributed by atoms with Crippen LogP contribution < -0.4 is 0 Å². The van der Waals surface area contributed by atoms with Crippen LogP contribution in [0.25, 0.3) is 0 Å². The Labute approximate surface area is 94.1 Å². The molecule has 90 valence electrons. The molecule has 0 aromatic carbocycles. The Morgan fingerprint density at radius 2 is 1.73 bits per heavy atom. The molecule has 15 heavy (non-hydrogen) atoms. The van der Waals surface area contributed by atoms with Crippen LogP contribution in [0.2, 0.25) is 0 Å². The maximum atomic E-state index is 10.7. The van der Waals surface area contributed by atoms with E-state index >= 15 is 0 Å². The second-order valence-electron chi connectivity index (χ2n) is 5.83. The minimum absolute atomic E-state index is 0.0915. The van der Waals surface area contributed by atoms with Crippen LogP contribution in [0.15, 0.2) is 0 Å². The predicted molar refractivity (Wildman–Crippen MR) is 64.0 cm³/mol. The average molecular weight is 214 g/mol. The van der Waals surface area contributed by atoms with Crippen molar-refractivity contribution in [1.29, 1.82) is 0 Å². The molecule has 0 aromatic rings. The molecule has 2 nitrogen and oxygen atoms in total. The van der Waals surface area contributed by atoms with Crippen LogP contribution in [0.4, 0.5) is 0 Å². The van der Waals surface area contributed by atoms with Crippen molar-refractivity contribution >= 4 is 5.97 Å². The van der Waals surface area contributed by atoms with Crippen molar-refractivity contribution in [3.05, 3.63) is 0 Å². The van der Waals surface area contributed by atoms with E-state index in [0.29, 0.717) is 5.41 Å². The van der Waals surface area contributed by atoms with Gasteiger partial charge < -0.3 is 5.11 Å². The molecule has 0 aliphatic rings. The number of rotatable bonds is 7. The first-order chi connectivity index (χ1) is 6.74. The van der Waals surface area contributed by atoms with Gasteiger partial charge in [-0.3, -0.25) is 4.79 Å². The second kappa shape index (κ2) is 5.53. The Kier molecular flexibility index (Phi) is 5.33. The number of hydrogen-bond acceptors (Lipinski definition) is 1. The van der Waals surface area contributed by atoms with E-state index in [-0.39, 0.29) is 11.8 Å². The van der Waals surface area contributed by atoms with E-state index in [2.05, 4.69) is 34.6 Å². The smallest absolute Gasteiger partial charge is 0.303 e. The second-order valence-corrected chi connectivity index (χ2v) is 5.83. The van der Waals surface area contributed by atoms with Gasteiger partial charge in [0.2, 0.25) is 0 Å². The fraction of sp³-hybridized carbons (Fsp3) is 0.923. The van der Waals surface area contributed by atoms with Crippen LogP contribution in [-0.4, -0.2) is 11.1 Å². The van der Waals surface area contributed by atoms with Gasteiger partial charge in [-0.2, -0.15) is 0 Å². The molecule has 0 fully saturated rings. The van der Waals surface area contributed by atoms with Crippen LogP contribution in [0.5, 0.6) is 0 Å². The van der Waals surface area contributed by atoms with E-state index in [1.807, 2.05) is 0 Å². The average Bonchev–Trinajstić information content (AvgIpc) is 2.00. The first-order valence-electron chi connectivity index (χ1n) is 5.96. The zero-order chi connectivity index (χ0) is 12.1. The van der Waals surface area contributed by atoms with Gasteiger partial charge in [0, 0.05) is 0 Å². The summed E-state index contributed by atoms with van der Waals surface area (Å²) in [6.07, 6.45) is 4.76. The molecular weight excluding hydrogens is 188 g/mol. The third-order valence-corrected chi connectivity index (χ3v) is 3.24. The highest BCUT2D eigenvalue weighted by atomic mass is 16.4. The molecule has 0 amide bonds. The van der Waals surface area contributed by atoms with Crippen LogP contribution in [0.1, 0.15) is 66.7 Å². The minimum atomic E-state index is -0.685. The van der Waals surface area contributed by atoms with E-state index in [9.17, 15) is 4.79 Å². The van der Waals surface area contributed by atoms with Gasteiger partial charge in [0.25, 0.3) is 0 Å². The Balaban J connectivity index is 4.44. The summed E-state index contributed by atoms with van der Waals surface area (Å²) in [5, 5.41) is 8.85. The lowest BCUT2D eigenvalue weighted by atomic mass is 9.69. The van der Waals surface area contributed by atoms with Gasteiger partial charge in [-0.1, -0.05) is 47.5 Å². The third-order valence-electron chi connectivity index (χ3n) is 3.24. The van der Waals surface area contributed by atoms with E-state index in [1.165, 1.54) is 12.8 Å². The maximum absolute atomic E-state index is 10.7. The van der Waals surface area contributed by atoms with E-state index in [1.54, 1.807) is 0 Å². The minimum Gasteiger partial charge on any atom is -0.481 e. The Bertz CT molecular complexity index is 209. The van der Waals surface area contributed by atoms with Gasteiger partial charge in [0.15, 0.2) is 0 Å². The SMILES string of the molecule is CCCC(C)(CC)CC(C)(C)CC(=O)O. The predicted octanol–water partition coefficient (Wildman–Crippen LogP) is 4.09. The van der Waals surface area contributed by atoms with E-state index in [0.717, 1.165) is 12.8 Å². The molecular formula is C13H26O2. The standard InChI is InChI=1S/C13H26O2/c1-6-8-13(5,7-2)10-12(3,4)9-11(14)15/h6-10H2,1-5H3,(H,14,15). The van der Waals surface area contributed by atoms with E-state index < -0.39 is 5.97 Å². The molecule has 1 atom stereocenters. The highest BCUT2D eigenvalue weighted by Crippen LogP contribution is 2.41. The molecule has 0 rings (SSSR count). The lowest BCUT2D eigenvalue weighted by molar-refractivity contribution is -0.139. The highest BCUT2D eigenvalue weighted by Gasteiger charge is 2.31. The summed E-state index contributed by atoms with van der Waals surface area (Å²) in [6.45, 7) is 10.8. The van der Waals surface area contributed by atoms with Crippen LogP contribution in [0, 0.1) is 10.8 Å². The molecule has 0 radical (unpaired) electrons. The van der Waals surface area contributed by atoms with Crippen molar-refractivity contribution in [3.63, 3.8) is 0 Å². The van der Waals surface area contributed by atoms with Gasteiger partial charge in [-0.05, 0) is 23.7 Å². The number of carboxylic acids is 1. The summed E-state index contributed by atoms with van der Waals surface area (Å²) < 4.78 is 0. The summed E-state index contributed by atoms with van der Waals surface area (Å²) in [7, 11) is 0. The highest BCUT2D eigenvalue weighted by molar-refractivity contribution is 5.67. The molecule has 0 heterocycles. The Hall–Kier alpha value is -0.530. The quantitative estimate of drug-likeness (QED) is 0.693. The molecule has 1 N–H and O–H groups in total. The third kappa shape index (κ3) is 5.81. The summed E-state index contributed by atoms with van der Waals surface area (Å²) in [4.78, 5) is 10.7. The summed E-state index contributed by atoms with van der Waals surface area (Å²) in [6, 6.07) is 0. The normalized spacial score (nSPS) is 16.1. The van der Waals surface area contributed by atoms with Gasteiger partial charge >= 0.3 is 5.97 Å². The van der Waals surface area contributed by atoms with Crippen molar-refractivity contribution in [2.45, 2.75) is 66.7 Å². The lowest BCUT2D eigenvalue weighted by Crippen LogP contribution is -2.27. The number of hydrogen-bond donors (Lipinski definition) is 1. The monoisotopic (exact) mass is 214 g/mol. The fourth-order valence-electron chi connectivity index (χ4n) is 2.62. The van der Waals surface area contributed by atoms with Crippen molar-refractivity contribution < 1.29 is 9.90 Å². The zero-order valence-corrected chi connectivity index (χ0v) is 10.9. The molecule has 0 aliphatic carbocycles. The van der Waals surface area contributed by atoms with Gasteiger partial charge in [-0.15, -0.1) is 0 Å². The first kappa shape index (κ1) is 14.5. The molecule has 0 spiro atoms. The molecule has 0 bridgehead atoms. The van der Waals surface area contributed by atoms with Crippen LogP contribution in [-0.2, 0) is 4.79 Å². The van der Waals surface area contributed by atoms with Crippen molar-refractivity contribution in [3.8, 4) is 0 Å². The lowest BCUT2D eigenvalue weighted by Gasteiger charge is -2.36. The molecule has 0 saturated heterocycles. The largest absolute Gasteiger partial charge is 0.481 e. The Morgan fingerprint density at radius 1 is 1.20 bits per heavy atom. The zero-order valence-electron chi connectivity index (χ0n) is 10.9. The summed E-state index contributed by atoms with van der Waals surface area (Å²) >= 11 is 0. The van der Waals surface area contributed by atoms with Crippen molar-refractivity contribution in [2.24, 2.45) is 10.8 Å². The summed E-state index contributed by atoms with van der Waals surface area (Å²) in [5.74, 6) is -0.685. The summed E-state index contributed by atoms with van der Waals surface area (Å²) in [5.41, 5.74) is 0.208.